The lowest BCUT2D eigenvalue weighted by molar-refractivity contribution is -0.158. The van der Waals surface area contributed by atoms with Gasteiger partial charge in [-0.1, -0.05) is 66.7 Å². The zero-order valence-electron chi connectivity index (χ0n) is 28.9. The minimum atomic E-state index is -1.32. The Kier molecular flexibility index (Phi) is 11.2. The summed E-state index contributed by atoms with van der Waals surface area (Å²) in [6.45, 7) is 5.13. The summed E-state index contributed by atoms with van der Waals surface area (Å²) in [6.07, 6.45) is -0.555. The molecular weight excluding hydrogens is 636 g/mol. The lowest BCUT2D eigenvalue weighted by atomic mass is 9.98. The largest absolute Gasteiger partial charge is 0.493 e. The van der Waals surface area contributed by atoms with Gasteiger partial charge in [0, 0.05) is 23.6 Å². The van der Waals surface area contributed by atoms with Crippen molar-refractivity contribution in [3.63, 3.8) is 0 Å². The van der Waals surface area contributed by atoms with Crippen molar-refractivity contribution < 1.29 is 38.1 Å². The number of fused-ring (bicyclic) bond motifs is 3. The van der Waals surface area contributed by atoms with E-state index < -0.39 is 36.0 Å². The van der Waals surface area contributed by atoms with Crippen LogP contribution in [0.5, 0.6) is 11.5 Å². The fraction of sp³-hybridized carbons (Fsp3) is 0.300. The second-order valence-electron chi connectivity index (χ2n) is 13.0. The van der Waals surface area contributed by atoms with Gasteiger partial charge in [0.05, 0.1) is 20.6 Å². The molecule has 0 bridgehead atoms. The Morgan fingerprint density at radius 3 is 2.08 bits per heavy atom. The van der Waals surface area contributed by atoms with Gasteiger partial charge in [0.15, 0.2) is 17.3 Å². The maximum absolute atomic E-state index is 13.2. The first-order valence-electron chi connectivity index (χ1n) is 16.4. The first-order chi connectivity index (χ1) is 24.0. The summed E-state index contributed by atoms with van der Waals surface area (Å²) >= 11 is 0. The van der Waals surface area contributed by atoms with E-state index in [0.717, 1.165) is 27.8 Å². The molecule has 260 valence electrons. The number of amides is 2. The van der Waals surface area contributed by atoms with Gasteiger partial charge >= 0.3 is 12.1 Å². The molecule has 0 fully saturated rings. The van der Waals surface area contributed by atoms with Gasteiger partial charge in [0.2, 0.25) is 5.91 Å². The molecule has 2 N–H and O–H groups in total. The number of Topliss-reactive ketones (excluding diaryl/α,β-unsaturated/α-hetero) is 1. The number of ketones is 1. The fourth-order valence-corrected chi connectivity index (χ4v) is 5.95. The number of aryl methyl sites for hydroxylation is 1. The number of ether oxygens (including phenoxy) is 4. The number of anilines is 1. The van der Waals surface area contributed by atoms with Gasteiger partial charge in [-0.25, -0.2) is 9.59 Å². The number of hydrogen-bond donors (Lipinski definition) is 2. The lowest BCUT2D eigenvalue weighted by Gasteiger charge is -2.24. The van der Waals surface area contributed by atoms with E-state index in [4.69, 9.17) is 18.9 Å². The van der Waals surface area contributed by atoms with Crippen LogP contribution in [0.1, 0.15) is 66.6 Å². The van der Waals surface area contributed by atoms with Crippen molar-refractivity contribution in [2.45, 2.75) is 57.6 Å². The van der Waals surface area contributed by atoms with Crippen LogP contribution in [0.25, 0.3) is 11.1 Å². The van der Waals surface area contributed by atoms with Crippen LogP contribution >= 0.6 is 0 Å². The number of carbonyl (C=O) groups is 4. The predicted octanol–water partition coefficient (Wildman–Crippen LogP) is 7.10. The van der Waals surface area contributed by atoms with Crippen LogP contribution in [-0.2, 0) is 25.5 Å². The first kappa shape index (κ1) is 35.7. The molecule has 5 rings (SSSR count). The summed E-state index contributed by atoms with van der Waals surface area (Å²) in [5.41, 5.74) is 5.11. The minimum absolute atomic E-state index is 0.0416. The van der Waals surface area contributed by atoms with Gasteiger partial charge in [-0.2, -0.15) is 0 Å². The van der Waals surface area contributed by atoms with E-state index in [0.29, 0.717) is 29.2 Å². The summed E-state index contributed by atoms with van der Waals surface area (Å²) in [5.74, 6) is -0.437. The molecule has 0 aromatic heterocycles. The molecule has 10 heteroatoms. The van der Waals surface area contributed by atoms with Crippen LogP contribution in [0.3, 0.4) is 0 Å². The fourth-order valence-electron chi connectivity index (χ4n) is 5.95. The molecule has 0 aliphatic heterocycles. The molecule has 0 spiro atoms. The topological polar surface area (TPSA) is 129 Å². The number of methoxy groups -OCH3 is 2. The average Bonchev–Trinajstić information content (AvgIpc) is 3.42. The zero-order chi connectivity index (χ0) is 35.8. The number of hydrogen-bond acceptors (Lipinski definition) is 8. The van der Waals surface area contributed by atoms with Crippen molar-refractivity contribution in [3.8, 4) is 22.6 Å². The van der Waals surface area contributed by atoms with Crippen molar-refractivity contribution in [2.24, 2.45) is 0 Å². The Balaban J connectivity index is 1.20. The molecule has 0 radical (unpaired) electrons. The third kappa shape index (κ3) is 8.87. The second kappa shape index (κ2) is 15.7. The highest BCUT2D eigenvalue weighted by Crippen LogP contribution is 2.44. The van der Waals surface area contributed by atoms with Crippen molar-refractivity contribution in [1.82, 2.24) is 5.32 Å². The zero-order valence-corrected chi connectivity index (χ0v) is 28.9. The van der Waals surface area contributed by atoms with Crippen LogP contribution in [0.2, 0.25) is 0 Å². The van der Waals surface area contributed by atoms with E-state index in [1.54, 1.807) is 65.3 Å². The molecule has 0 heterocycles. The van der Waals surface area contributed by atoms with Gasteiger partial charge in [-0.3, -0.25) is 9.59 Å². The van der Waals surface area contributed by atoms with Crippen LogP contribution in [0, 0.1) is 0 Å². The average molecular weight is 679 g/mol. The maximum atomic E-state index is 13.2. The molecular formula is C40H42N2O8. The standard InChI is InChI=1S/C40H42N2O8/c1-40(2,3)50-38(45)33(42-39(46)49-24-32-30-15-8-6-13-28(30)29-14-7-9-16-31(29)32)23-37(44)41-27-12-10-11-26(22-27)34(43)19-17-25-18-20-35(47-4)36(21-25)48-5/h6-16,18,20-22,32-33H,17,19,23-24H2,1-5H3,(H,41,44)(H,42,46)/t33-/m0/s1. The smallest absolute Gasteiger partial charge is 0.407 e. The number of nitrogens with one attached hydrogen (secondary N) is 2. The van der Waals surface area contributed by atoms with Gasteiger partial charge in [0.25, 0.3) is 0 Å². The predicted molar refractivity (Wildman–Crippen MR) is 190 cm³/mol. The SMILES string of the molecule is COc1ccc(CCC(=O)c2cccc(NC(=O)C[C@H](NC(=O)OCC3c4ccccc4-c4ccccc43)C(=O)OC(C)(C)C)c2)cc1OC. The van der Waals surface area contributed by atoms with Crippen LogP contribution < -0.4 is 20.1 Å². The van der Waals surface area contributed by atoms with Crippen LogP contribution in [0.4, 0.5) is 10.5 Å². The normalized spacial score (nSPS) is 12.6. The highest BCUT2D eigenvalue weighted by atomic mass is 16.6. The number of benzene rings is 4. The number of alkyl carbamates (subject to hydrolysis) is 1. The highest BCUT2D eigenvalue weighted by Gasteiger charge is 2.32. The molecule has 50 heavy (non-hydrogen) atoms. The molecule has 2 amide bonds. The third-order valence-electron chi connectivity index (χ3n) is 8.27. The Bertz CT molecular complexity index is 1830. The monoisotopic (exact) mass is 678 g/mol. The van der Waals surface area contributed by atoms with Gasteiger partial charge in [0.1, 0.15) is 18.2 Å². The van der Waals surface area contributed by atoms with Crippen LogP contribution in [-0.4, -0.2) is 56.2 Å². The van der Waals surface area contributed by atoms with Gasteiger partial charge in [-0.05, 0) is 79.3 Å². The molecule has 4 aromatic rings. The Morgan fingerprint density at radius 1 is 0.780 bits per heavy atom. The molecule has 1 atom stereocenters. The Morgan fingerprint density at radius 2 is 1.44 bits per heavy atom. The summed E-state index contributed by atoms with van der Waals surface area (Å²) in [4.78, 5) is 52.5. The second-order valence-corrected chi connectivity index (χ2v) is 13.0. The first-order valence-corrected chi connectivity index (χ1v) is 16.4. The van der Waals surface area contributed by atoms with Gasteiger partial charge in [-0.15, -0.1) is 0 Å². The quantitative estimate of drug-likeness (QED) is 0.113. The molecule has 0 saturated carbocycles. The Hall–Kier alpha value is -5.64. The number of esters is 1. The number of rotatable bonds is 13. The van der Waals surface area contributed by atoms with Gasteiger partial charge < -0.3 is 29.6 Å². The minimum Gasteiger partial charge on any atom is -0.493 e. The highest BCUT2D eigenvalue weighted by molar-refractivity contribution is 5.99. The summed E-state index contributed by atoms with van der Waals surface area (Å²) < 4.78 is 21.8. The molecule has 4 aromatic carbocycles. The molecule has 1 aliphatic rings. The van der Waals surface area contributed by atoms with Crippen LogP contribution in [0.15, 0.2) is 91.0 Å². The summed E-state index contributed by atoms with van der Waals surface area (Å²) in [7, 11) is 3.12. The number of carbonyl (C=O) groups excluding carboxylic acids is 4. The van der Waals surface area contributed by atoms with Crippen molar-refractivity contribution in [2.75, 3.05) is 26.1 Å². The van der Waals surface area contributed by atoms with E-state index in [9.17, 15) is 19.2 Å². The lowest BCUT2D eigenvalue weighted by Crippen LogP contribution is -2.46. The summed E-state index contributed by atoms with van der Waals surface area (Å²) in [5, 5.41) is 5.28. The Labute approximate surface area is 292 Å². The molecule has 10 nitrogen and oxygen atoms in total. The summed E-state index contributed by atoms with van der Waals surface area (Å²) in [6, 6.07) is 26.7. The van der Waals surface area contributed by atoms with E-state index in [1.165, 1.54) is 0 Å². The van der Waals surface area contributed by atoms with E-state index in [1.807, 2.05) is 60.7 Å². The molecule has 0 saturated heterocycles. The third-order valence-corrected chi connectivity index (χ3v) is 8.27. The maximum Gasteiger partial charge on any atom is 0.407 e. The van der Waals surface area contributed by atoms with Crippen molar-refractivity contribution in [3.05, 3.63) is 113 Å². The van der Waals surface area contributed by atoms with E-state index in [-0.39, 0.29) is 24.7 Å². The van der Waals surface area contributed by atoms with Crippen molar-refractivity contribution in [1.29, 1.82) is 0 Å². The van der Waals surface area contributed by atoms with E-state index in [2.05, 4.69) is 10.6 Å². The van der Waals surface area contributed by atoms with Crippen molar-refractivity contribution >= 4 is 29.4 Å². The van der Waals surface area contributed by atoms with E-state index >= 15 is 0 Å². The molecule has 1 aliphatic carbocycles. The molecule has 0 unspecified atom stereocenters.